The first-order chi connectivity index (χ1) is 4.21. The van der Waals surface area contributed by atoms with Gasteiger partial charge in [0.1, 0.15) is 5.79 Å². The lowest BCUT2D eigenvalue weighted by atomic mass is 10.3. The smallest absolute Gasteiger partial charge is 0.115 e. The highest BCUT2D eigenvalue weighted by Gasteiger charge is 2.18. The molecule has 6 N–H and O–H groups in total. The Labute approximate surface area is 64.0 Å². The molecule has 0 aromatic carbocycles. The summed E-state index contributed by atoms with van der Waals surface area (Å²) in [4.78, 5) is 0. The molecule has 62 valence electrons. The Morgan fingerprint density at radius 1 is 1.10 bits per heavy atom. The maximum Gasteiger partial charge on any atom is 0.115 e. The summed E-state index contributed by atoms with van der Waals surface area (Å²) in [6.45, 7) is 6.83. The monoisotopic (exact) mass is 161 g/mol. The van der Waals surface area contributed by atoms with Crippen LogP contribution in [0, 0.1) is 0 Å². The van der Waals surface area contributed by atoms with Crippen LogP contribution in [0.3, 0.4) is 0 Å². The van der Waals surface area contributed by atoms with Gasteiger partial charge in [-0.25, -0.2) is 0 Å². The zero-order chi connectivity index (χ0) is 8.41. The van der Waals surface area contributed by atoms with Crippen molar-refractivity contribution in [2.45, 2.75) is 37.9 Å². The van der Waals surface area contributed by atoms with E-state index in [4.69, 9.17) is 17.2 Å². The van der Waals surface area contributed by atoms with Crippen LogP contribution < -0.4 is 17.2 Å². The maximum atomic E-state index is 5.42. The molecule has 0 heterocycles. The lowest BCUT2D eigenvalue weighted by Crippen LogP contribution is -2.58. The summed E-state index contributed by atoms with van der Waals surface area (Å²) in [5.74, 6) is -0.958. The van der Waals surface area contributed by atoms with Gasteiger partial charge in [-0.1, -0.05) is 25.7 Å². The minimum absolute atomic E-state index is 0.725. The molecule has 0 aromatic heterocycles. The van der Waals surface area contributed by atoms with E-state index in [1.54, 1.807) is 0 Å². The van der Waals surface area contributed by atoms with Gasteiger partial charge in [-0.15, -0.1) is 0 Å². The highest BCUT2D eigenvalue weighted by molar-refractivity contribution is 6.76. The van der Waals surface area contributed by atoms with E-state index in [9.17, 15) is 0 Å². The van der Waals surface area contributed by atoms with Crippen LogP contribution in [0.4, 0.5) is 0 Å². The predicted molar refractivity (Wildman–Crippen MR) is 48.1 cm³/mol. The minimum atomic E-state index is -1.01. The molecule has 0 fully saturated rings. The summed E-state index contributed by atoms with van der Waals surface area (Å²) < 4.78 is 0. The molecular weight excluding hydrogens is 142 g/mol. The third-order valence-corrected chi connectivity index (χ3v) is 3.06. The van der Waals surface area contributed by atoms with Crippen molar-refractivity contribution in [3.05, 3.63) is 0 Å². The molecule has 0 saturated carbocycles. The number of hydrogen-bond acceptors (Lipinski definition) is 3. The van der Waals surface area contributed by atoms with E-state index < -0.39 is 13.9 Å². The fraction of sp³-hybridized carbons (Fsp3) is 1.00. The SMILES string of the molecule is C[Si](C)(C)CCC(N)(N)N. The highest BCUT2D eigenvalue weighted by Crippen LogP contribution is 2.12. The summed E-state index contributed by atoms with van der Waals surface area (Å²) in [6, 6.07) is 1.09. The van der Waals surface area contributed by atoms with Gasteiger partial charge >= 0.3 is 0 Å². The fourth-order valence-electron chi connectivity index (χ4n) is 0.592. The standard InChI is InChI=1S/C6H19N3Si/c1-10(2,3)5-4-6(7,8)9/h4-5,7-9H2,1-3H3. The molecule has 0 spiro atoms. The lowest BCUT2D eigenvalue weighted by Gasteiger charge is -2.23. The summed E-state index contributed by atoms with van der Waals surface area (Å²) in [6.07, 6.45) is 0.725. The maximum absolute atomic E-state index is 5.42. The van der Waals surface area contributed by atoms with Crippen LogP contribution in [0.1, 0.15) is 6.42 Å². The van der Waals surface area contributed by atoms with E-state index in [2.05, 4.69) is 19.6 Å². The summed E-state index contributed by atoms with van der Waals surface area (Å²) in [5.41, 5.74) is 16.3. The van der Waals surface area contributed by atoms with Gasteiger partial charge in [-0.2, -0.15) is 0 Å². The summed E-state index contributed by atoms with van der Waals surface area (Å²) in [7, 11) is -1.01. The van der Waals surface area contributed by atoms with E-state index in [1.165, 1.54) is 0 Å². The third kappa shape index (κ3) is 8.10. The molecule has 4 heteroatoms. The molecule has 0 rings (SSSR count). The van der Waals surface area contributed by atoms with E-state index in [-0.39, 0.29) is 0 Å². The molecule has 0 aliphatic carbocycles. The van der Waals surface area contributed by atoms with Crippen molar-refractivity contribution in [2.24, 2.45) is 17.2 Å². The quantitative estimate of drug-likeness (QED) is 0.410. The molecule has 0 amide bonds. The molecule has 0 aliphatic rings. The van der Waals surface area contributed by atoms with E-state index in [0.29, 0.717) is 0 Å². The number of nitrogens with two attached hydrogens (primary N) is 3. The zero-order valence-electron chi connectivity index (χ0n) is 7.15. The number of hydrogen-bond donors (Lipinski definition) is 3. The van der Waals surface area contributed by atoms with E-state index in [0.717, 1.165) is 12.5 Å². The van der Waals surface area contributed by atoms with Crippen molar-refractivity contribution < 1.29 is 0 Å². The minimum Gasteiger partial charge on any atom is -0.301 e. The Morgan fingerprint density at radius 2 is 1.50 bits per heavy atom. The normalized spacial score (nSPS) is 13.8. The molecule has 0 radical (unpaired) electrons. The highest BCUT2D eigenvalue weighted by atomic mass is 28.3. The first kappa shape index (κ1) is 10.1. The molecule has 3 nitrogen and oxygen atoms in total. The second-order valence-corrected chi connectivity index (χ2v) is 9.79. The second kappa shape index (κ2) is 3.00. The Hall–Kier alpha value is 0.0969. The first-order valence-corrected chi connectivity index (χ1v) is 7.28. The van der Waals surface area contributed by atoms with Crippen molar-refractivity contribution >= 4 is 8.07 Å². The van der Waals surface area contributed by atoms with Crippen molar-refractivity contribution in [1.29, 1.82) is 0 Å². The Morgan fingerprint density at radius 3 is 1.60 bits per heavy atom. The molecule has 10 heavy (non-hydrogen) atoms. The van der Waals surface area contributed by atoms with Crippen LogP contribution >= 0.6 is 0 Å². The Bertz CT molecular complexity index is 86.5. The van der Waals surface area contributed by atoms with E-state index in [1.807, 2.05) is 0 Å². The van der Waals surface area contributed by atoms with Gasteiger partial charge in [0, 0.05) is 8.07 Å². The van der Waals surface area contributed by atoms with Gasteiger partial charge in [0.25, 0.3) is 0 Å². The van der Waals surface area contributed by atoms with Crippen molar-refractivity contribution in [1.82, 2.24) is 0 Å². The average molecular weight is 161 g/mol. The van der Waals surface area contributed by atoms with Gasteiger partial charge in [0.2, 0.25) is 0 Å². The van der Waals surface area contributed by atoms with Gasteiger partial charge in [0.05, 0.1) is 0 Å². The Kier molecular flexibility index (Phi) is 3.03. The summed E-state index contributed by atoms with van der Waals surface area (Å²) in [5, 5.41) is 0. The molecule has 0 aromatic rings. The zero-order valence-corrected chi connectivity index (χ0v) is 8.15. The topological polar surface area (TPSA) is 78.1 Å². The van der Waals surface area contributed by atoms with Gasteiger partial charge < -0.3 is 17.2 Å². The first-order valence-electron chi connectivity index (χ1n) is 3.57. The van der Waals surface area contributed by atoms with Crippen molar-refractivity contribution in [3.63, 3.8) is 0 Å². The molecule has 0 bridgehead atoms. The van der Waals surface area contributed by atoms with Crippen molar-refractivity contribution in [3.8, 4) is 0 Å². The molecule has 0 saturated heterocycles. The van der Waals surface area contributed by atoms with E-state index >= 15 is 0 Å². The van der Waals surface area contributed by atoms with Gasteiger partial charge in [-0.05, 0) is 6.42 Å². The average Bonchev–Trinajstić information content (AvgIpc) is 1.57. The molecule has 0 atom stereocenters. The van der Waals surface area contributed by atoms with Gasteiger partial charge in [-0.3, -0.25) is 0 Å². The Balaban J connectivity index is 3.56. The van der Waals surface area contributed by atoms with Gasteiger partial charge in [0.15, 0.2) is 0 Å². The van der Waals surface area contributed by atoms with Crippen LogP contribution in [-0.4, -0.2) is 13.9 Å². The van der Waals surface area contributed by atoms with Crippen LogP contribution in [0.15, 0.2) is 0 Å². The third-order valence-electron chi connectivity index (χ3n) is 1.31. The second-order valence-electron chi connectivity index (χ2n) is 4.17. The lowest BCUT2D eigenvalue weighted by molar-refractivity contribution is 0.443. The fourth-order valence-corrected chi connectivity index (χ4v) is 1.77. The molecule has 0 unspecified atom stereocenters. The number of rotatable bonds is 3. The summed E-state index contributed by atoms with van der Waals surface area (Å²) >= 11 is 0. The van der Waals surface area contributed by atoms with Crippen LogP contribution in [0.25, 0.3) is 0 Å². The predicted octanol–water partition coefficient (Wildman–Crippen LogP) is 0.245. The molecular formula is C6H19N3Si. The largest absolute Gasteiger partial charge is 0.301 e. The van der Waals surface area contributed by atoms with Crippen LogP contribution in [0.2, 0.25) is 25.7 Å². The van der Waals surface area contributed by atoms with Crippen molar-refractivity contribution in [2.75, 3.05) is 0 Å². The van der Waals surface area contributed by atoms with Crippen LogP contribution in [-0.2, 0) is 0 Å². The van der Waals surface area contributed by atoms with Crippen LogP contribution in [0.5, 0.6) is 0 Å². The molecule has 0 aliphatic heterocycles.